The van der Waals surface area contributed by atoms with E-state index < -0.39 is 0 Å². The summed E-state index contributed by atoms with van der Waals surface area (Å²) in [5.41, 5.74) is 0.905. The number of thioether (sulfide) groups is 1. The standard InChI is InChI=1S/C13H20N2OS/c1-3-9-14-10-13(16)15-11-7-5-6-8-12(11)17-4-2/h5-8,14H,3-4,9-10H2,1-2H3,(H,15,16). The molecule has 0 atom stereocenters. The van der Waals surface area contributed by atoms with Gasteiger partial charge in [0.1, 0.15) is 0 Å². The third kappa shape index (κ3) is 5.24. The Labute approximate surface area is 107 Å². The van der Waals surface area contributed by atoms with Crippen LogP contribution in [0.1, 0.15) is 20.3 Å². The van der Waals surface area contributed by atoms with Crippen molar-refractivity contribution >= 4 is 23.4 Å². The summed E-state index contributed by atoms with van der Waals surface area (Å²) in [5.74, 6) is 1.02. The van der Waals surface area contributed by atoms with Crippen molar-refractivity contribution in [2.24, 2.45) is 0 Å². The second-order valence-electron chi connectivity index (χ2n) is 3.65. The van der Waals surface area contributed by atoms with Gasteiger partial charge in [0.05, 0.1) is 12.2 Å². The number of hydrogen-bond acceptors (Lipinski definition) is 3. The van der Waals surface area contributed by atoms with Crippen LogP contribution in [0.5, 0.6) is 0 Å². The van der Waals surface area contributed by atoms with Crippen molar-refractivity contribution < 1.29 is 4.79 Å². The average molecular weight is 252 g/mol. The van der Waals surface area contributed by atoms with Crippen LogP contribution in [0.15, 0.2) is 29.2 Å². The number of carbonyl (C=O) groups is 1. The van der Waals surface area contributed by atoms with Crippen LogP contribution in [0.3, 0.4) is 0 Å². The fourth-order valence-corrected chi connectivity index (χ4v) is 2.18. The molecule has 1 rings (SSSR count). The maximum absolute atomic E-state index is 11.7. The van der Waals surface area contributed by atoms with E-state index in [4.69, 9.17) is 0 Å². The zero-order valence-electron chi connectivity index (χ0n) is 10.5. The predicted octanol–water partition coefficient (Wildman–Crippen LogP) is 2.74. The number of hydrogen-bond donors (Lipinski definition) is 2. The lowest BCUT2D eigenvalue weighted by Crippen LogP contribution is -2.28. The second kappa shape index (κ2) is 8.14. The van der Waals surface area contributed by atoms with Gasteiger partial charge in [-0.25, -0.2) is 0 Å². The molecule has 1 aromatic rings. The highest BCUT2D eigenvalue weighted by Gasteiger charge is 2.05. The summed E-state index contributed by atoms with van der Waals surface area (Å²) in [6.07, 6.45) is 1.04. The van der Waals surface area contributed by atoms with Crippen molar-refractivity contribution in [3.05, 3.63) is 24.3 Å². The Hall–Kier alpha value is -1.00. The highest BCUT2D eigenvalue weighted by molar-refractivity contribution is 7.99. The van der Waals surface area contributed by atoms with Gasteiger partial charge in [-0.05, 0) is 30.9 Å². The molecule has 1 aromatic carbocycles. The lowest BCUT2D eigenvalue weighted by molar-refractivity contribution is -0.115. The molecule has 0 aliphatic rings. The summed E-state index contributed by atoms with van der Waals surface area (Å²) < 4.78 is 0. The molecule has 4 heteroatoms. The van der Waals surface area contributed by atoms with Gasteiger partial charge < -0.3 is 10.6 Å². The monoisotopic (exact) mass is 252 g/mol. The number of rotatable bonds is 7. The molecule has 0 radical (unpaired) electrons. The highest BCUT2D eigenvalue weighted by atomic mass is 32.2. The first kappa shape index (κ1) is 14.1. The number of amides is 1. The molecule has 0 saturated carbocycles. The first-order chi connectivity index (χ1) is 8.27. The largest absolute Gasteiger partial charge is 0.324 e. The number of carbonyl (C=O) groups excluding carboxylic acids is 1. The van der Waals surface area contributed by atoms with Gasteiger partial charge in [-0.2, -0.15) is 0 Å². The molecule has 1 amide bonds. The fraction of sp³-hybridized carbons (Fsp3) is 0.462. The Kier molecular flexibility index (Phi) is 6.74. The van der Waals surface area contributed by atoms with Crippen LogP contribution >= 0.6 is 11.8 Å². The van der Waals surface area contributed by atoms with Gasteiger partial charge in [-0.3, -0.25) is 4.79 Å². The molecular weight excluding hydrogens is 232 g/mol. The molecule has 3 nitrogen and oxygen atoms in total. The normalized spacial score (nSPS) is 10.2. The first-order valence-electron chi connectivity index (χ1n) is 6.00. The lowest BCUT2D eigenvalue weighted by atomic mass is 10.3. The minimum absolute atomic E-state index is 0.0163. The highest BCUT2D eigenvalue weighted by Crippen LogP contribution is 2.26. The van der Waals surface area contributed by atoms with Crippen molar-refractivity contribution in [3.8, 4) is 0 Å². The molecule has 0 heterocycles. The van der Waals surface area contributed by atoms with Gasteiger partial charge in [0, 0.05) is 4.90 Å². The molecule has 0 saturated heterocycles. The zero-order chi connectivity index (χ0) is 12.5. The van der Waals surface area contributed by atoms with E-state index in [1.165, 1.54) is 0 Å². The Bertz CT molecular complexity index is 355. The first-order valence-corrected chi connectivity index (χ1v) is 6.98. The molecule has 0 bridgehead atoms. The average Bonchev–Trinajstić information content (AvgIpc) is 2.32. The van der Waals surface area contributed by atoms with Crippen LogP contribution in [-0.2, 0) is 4.79 Å². The molecule has 0 aliphatic carbocycles. The summed E-state index contributed by atoms with van der Waals surface area (Å²) in [7, 11) is 0. The quantitative estimate of drug-likeness (QED) is 0.579. The van der Waals surface area contributed by atoms with E-state index in [0.717, 1.165) is 29.3 Å². The Morgan fingerprint density at radius 3 is 2.76 bits per heavy atom. The molecular formula is C13H20N2OS. The van der Waals surface area contributed by atoms with E-state index in [1.807, 2.05) is 24.3 Å². The van der Waals surface area contributed by atoms with Crippen molar-refractivity contribution in [1.29, 1.82) is 0 Å². The molecule has 2 N–H and O–H groups in total. The Morgan fingerprint density at radius 2 is 2.06 bits per heavy atom. The smallest absolute Gasteiger partial charge is 0.238 e. The second-order valence-corrected chi connectivity index (χ2v) is 4.96. The summed E-state index contributed by atoms with van der Waals surface area (Å²) in [6, 6.07) is 7.90. The van der Waals surface area contributed by atoms with E-state index in [0.29, 0.717) is 6.54 Å². The van der Waals surface area contributed by atoms with Crippen LogP contribution in [0.2, 0.25) is 0 Å². The summed E-state index contributed by atoms with van der Waals surface area (Å²) in [4.78, 5) is 12.8. The topological polar surface area (TPSA) is 41.1 Å². The molecule has 0 fully saturated rings. The van der Waals surface area contributed by atoms with Crippen molar-refractivity contribution in [1.82, 2.24) is 5.32 Å². The number of nitrogens with one attached hydrogen (secondary N) is 2. The van der Waals surface area contributed by atoms with Crippen molar-refractivity contribution in [3.63, 3.8) is 0 Å². The van der Waals surface area contributed by atoms with Gasteiger partial charge in [0.15, 0.2) is 0 Å². The maximum atomic E-state index is 11.7. The van der Waals surface area contributed by atoms with E-state index in [-0.39, 0.29) is 5.91 Å². The SMILES string of the molecule is CCCNCC(=O)Nc1ccccc1SCC. The summed E-state index contributed by atoms with van der Waals surface area (Å²) in [5, 5.41) is 6.02. The summed E-state index contributed by atoms with van der Waals surface area (Å²) in [6.45, 7) is 5.43. The summed E-state index contributed by atoms with van der Waals surface area (Å²) >= 11 is 1.74. The van der Waals surface area contributed by atoms with Crippen LogP contribution in [-0.4, -0.2) is 24.7 Å². The van der Waals surface area contributed by atoms with E-state index in [2.05, 4.69) is 24.5 Å². The predicted molar refractivity (Wildman–Crippen MR) is 74.6 cm³/mol. The maximum Gasteiger partial charge on any atom is 0.238 e. The minimum atomic E-state index is 0.0163. The molecule has 0 aromatic heterocycles. The molecule has 0 spiro atoms. The third-order valence-electron chi connectivity index (χ3n) is 2.17. The van der Waals surface area contributed by atoms with Crippen molar-refractivity contribution in [2.45, 2.75) is 25.2 Å². The van der Waals surface area contributed by atoms with Gasteiger partial charge in [-0.1, -0.05) is 26.0 Å². The molecule has 0 unspecified atom stereocenters. The van der Waals surface area contributed by atoms with Crippen LogP contribution < -0.4 is 10.6 Å². The van der Waals surface area contributed by atoms with Crippen LogP contribution in [0.4, 0.5) is 5.69 Å². The van der Waals surface area contributed by atoms with Crippen molar-refractivity contribution in [2.75, 3.05) is 24.2 Å². The minimum Gasteiger partial charge on any atom is -0.324 e. The zero-order valence-corrected chi connectivity index (χ0v) is 11.3. The molecule has 0 aliphatic heterocycles. The molecule has 94 valence electrons. The van der Waals surface area contributed by atoms with E-state index in [9.17, 15) is 4.79 Å². The van der Waals surface area contributed by atoms with Crippen LogP contribution in [0.25, 0.3) is 0 Å². The van der Waals surface area contributed by atoms with Crippen LogP contribution in [0, 0.1) is 0 Å². The Morgan fingerprint density at radius 1 is 1.29 bits per heavy atom. The van der Waals surface area contributed by atoms with E-state index in [1.54, 1.807) is 11.8 Å². The third-order valence-corrected chi connectivity index (χ3v) is 3.13. The fourth-order valence-electron chi connectivity index (χ4n) is 1.42. The van der Waals surface area contributed by atoms with Gasteiger partial charge in [0.25, 0.3) is 0 Å². The Balaban J connectivity index is 2.52. The number of benzene rings is 1. The molecule has 17 heavy (non-hydrogen) atoms. The number of para-hydroxylation sites is 1. The van der Waals surface area contributed by atoms with Gasteiger partial charge in [-0.15, -0.1) is 11.8 Å². The van der Waals surface area contributed by atoms with E-state index >= 15 is 0 Å². The lowest BCUT2D eigenvalue weighted by Gasteiger charge is -2.10. The van der Waals surface area contributed by atoms with Gasteiger partial charge in [0.2, 0.25) is 5.91 Å². The van der Waals surface area contributed by atoms with Gasteiger partial charge >= 0.3 is 0 Å². The number of anilines is 1.